The van der Waals surface area contributed by atoms with Crippen LogP contribution < -0.4 is 37.6 Å². The number of aldehydes is 1. The first-order valence-corrected chi connectivity index (χ1v) is 31.1. The number of amides is 7. The molecule has 1 fully saturated rings. The highest BCUT2D eigenvalue weighted by atomic mass is 16.6. The first-order valence-electron chi connectivity index (χ1n) is 31.1. The van der Waals surface area contributed by atoms with Crippen molar-refractivity contribution in [1.82, 2.24) is 56.5 Å². The van der Waals surface area contributed by atoms with Crippen molar-refractivity contribution in [3.63, 3.8) is 0 Å². The maximum absolute atomic E-state index is 13.4. The zero-order valence-electron chi connectivity index (χ0n) is 55.8. The molecule has 1 saturated heterocycles. The van der Waals surface area contributed by atoms with E-state index in [1.807, 2.05) is 94.7 Å². The number of benzene rings is 1. The Kier molecular flexibility index (Phi) is 61.8. The van der Waals surface area contributed by atoms with Crippen LogP contribution in [0.4, 0.5) is 0 Å². The minimum Gasteiger partial charge on any atom is -0.481 e. The Morgan fingerprint density at radius 2 is 1.02 bits per heavy atom. The molecule has 31 heteroatoms. The van der Waals surface area contributed by atoms with E-state index in [2.05, 4.69) is 43.5 Å². The molecule has 0 spiro atoms. The quantitative estimate of drug-likeness (QED) is 0.0238. The van der Waals surface area contributed by atoms with E-state index in [-0.39, 0.29) is 131 Å². The number of hydrogen-bond acceptors (Lipinski definition) is 20. The van der Waals surface area contributed by atoms with Crippen molar-refractivity contribution in [3.05, 3.63) is 60.8 Å². The third kappa shape index (κ3) is 50.8. The number of carboxylic acid groups (broad SMARTS) is 3. The van der Waals surface area contributed by atoms with Gasteiger partial charge in [-0.3, -0.25) is 67.5 Å². The first kappa shape index (κ1) is 92.7. The van der Waals surface area contributed by atoms with Crippen LogP contribution in [0.15, 0.2) is 55.3 Å². The number of carbonyl (C=O) groups is 11. The second-order valence-corrected chi connectivity index (χ2v) is 19.5. The molecule has 0 bridgehead atoms. The minimum absolute atomic E-state index is 0. The van der Waals surface area contributed by atoms with Crippen molar-refractivity contribution in [2.45, 2.75) is 100 Å². The number of para-hydroxylation sites is 1. The van der Waals surface area contributed by atoms with Gasteiger partial charge in [0.1, 0.15) is 18.4 Å². The van der Waals surface area contributed by atoms with E-state index in [1.54, 1.807) is 22.1 Å². The summed E-state index contributed by atoms with van der Waals surface area (Å²) in [4.78, 5) is 144. The predicted octanol–water partition coefficient (Wildman–Crippen LogP) is 0.00290. The zero-order valence-corrected chi connectivity index (χ0v) is 55.8. The normalized spacial score (nSPS) is 13.3. The van der Waals surface area contributed by atoms with E-state index in [9.17, 15) is 68.1 Å². The summed E-state index contributed by atoms with van der Waals surface area (Å²) in [5.41, 5.74) is 6.52. The fraction of sp³-hybridized carbons (Fsp3) is 0.635. The summed E-state index contributed by atoms with van der Waals surface area (Å²) in [7, 11) is 1.00. The highest BCUT2D eigenvalue weighted by Gasteiger charge is 2.27. The van der Waals surface area contributed by atoms with Crippen molar-refractivity contribution in [2.75, 3.05) is 165 Å². The molecule has 2 heterocycles. The number of nitrogens with one attached hydrogen (secondary N) is 7. The smallest absolute Gasteiger partial charge is 0.317 e. The highest BCUT2D eigenvalue weighted by molar-refractivity contribution is 5.95. The number of fused-ring (bicyclic) bond motifs is 1. The number of allylic oxidation sites excluding steroid dienone is 3. The molecule has 1 aromatic heterocycles. The van der Waals surface area contributed by atoms with Gasteiger partial charge in [-0.25, -0.2) is 0 Å². The lowest BCUT2D eigenvalue weighted by molar-refractivity contribution is -0.141. The Labute approximate surface area is 554 Å². The molecule has 31 nitrogen and oxygen atoms in total. The Balaban J connectivity index is -0.00000268. The van der Waals surface area contributed by atoms with Crippen LogP contribution in [0, 0.1) is 0 Å². The van der Waals surface area contributed by atoms with Crippen LogP contribution in [0.2, 0.25) is 0 Å². The number of nitrogens with two attached hydrogens (primary N) is 1. The highest BCUT2D eigenvalue weighted by Crippen LogP contribution is 2.19. The third-order valence-corrected chi connectivity index (χ3v) is 12.4. The Hall–Kier alpha value is -7.75. The monoisotopic (exact) mass is 1340 g/mol. The molecular formula is C63H112N12O19. The van der Waals surface area contributed by atoms with Crippen molar-refractivity contribution in [2.24, 2.45) is 5.73 Å². The van der Waals surface area contributed by atoms with Crippen LogP contribution in [0.25, 0.3) is 10.9 Å². The van der Waals surface area contributed by atoms with Crippen LogP contribution in [0.1, 0.15) is 87.1 Å². The molecule has 3 rings (SSSR count). The summed E-state index contributed by atoms with van der Waals surface area (Å²) in [6.45, 7) is 20.9. The van der Waals surface area contributed by atoms with Crippen molar-refractivity contribution in [1.29, 1.82) is 0 Å². The molecule has 1 aromatic carbocycles. The summed E-state index contributed by atoms with van der Waals surface area (Å²) in [6, 6.07) is 4.61. The van der Waals surface area contributed by atoms with Gasteiger partial charge in [-0.2, -0.15) is 0 Å². The van der Waals surface area contributed by atoms with Gasteiger partial charge >= 0.3 is 17.9 Å². The lowest BCUT2D eigenvalue weighted by Gasteiger charge is -2.32. The number of hydrogen-bond donors (Lipinski definition) is 12. The summed E-state index contributed by atoms with van der Waals surface area (Å²) < 4.78 is 22.0. The second-order valence-electron chi connectivity index (χ2n) is 19.5. The van der Waals surface area contributed by atoms with Gasteiger partial charge in [-0.15, -0.1) is 6.58 Å². The van der Waals surface area contributed by atoms with Gasteiger partial charge in [0.25, 0.3) is 0 Å². The van der Waals surface area contributed by atoms with Crippen LogP contribution in [0.3, 0.4) is 0 Å². The lowest BCUT2D eigenvalue weighted by atomic mass is 10.0. The SMILES string of the molecule is C.C/C=C/C.C=CC.CC.CC.CO.NC(=O)CNC(=O)[C@H](CC(=O)O)NC(=O)CNC(=O)[C@H](Cc1c[nH]c2ccccc12)NC(=O)CCOCCOCCOCCOCCNC(=O)CCCNC(=O)CN1CCN(CC=O)CCN(CC(=O)O)CCN(CC(=O)O)CC1. The van der Waals surface area contributed by atoms with Crippen molar-refractivity contribution < 1.29 is 92.1 Å². The summed E-state index contributed by atoms with van der Waals surface area (Å²) in [5, 5.41) is 50.8. The van der Waals surface area contributed by atoms with Crippen LogP contribution in [0.5, 0.6) is 0 Å². The van der Waals surface area contributed by atoms with E-state index >= 15 is 0 Å². The summed E-state index contributed by atoms with van der Waals surface area (Å²) in [5.74, 6) is -7.92. The van der Waals surface area contributed by atoms with Gasteiger partial charge in [0.2, 0.25) is 41.4 Å². The van der Waals surface area contributed by atoms with E-state index in [4.69, 9.17) is 29.8 Å². The lowest BCUT2D eigenvalue weighted by Crippen LogP contribution is -2.53. The standard InChI is InChI=1S/C50H78N12O18.C4H8.C3H6.2C2H6.CH4O.CH4/c51-41(64)31-55-50(76)40(29-46(69)70)58-44(67)32-56-49(75)39(28-36-30-54-38-5-2-1-4-37(36)38)57-43(66)7-20-77-22-24-79-26-27-80-25-23-78-21-9-53-42(65)6-3-8-52-45(68)33-60-12-10-59(18-19-63)11-13-61(34-47(71)72)16-17-62(15-14-60)35-48(73)74;1-3-4-2;1-3-2;3*1-2;/h1-2,4-5,19,30,39-40,54H,3,6-18,20-29,31-35H2,(H2,51,64)(H,52,68)(H,53,65)(H,55,76)(H,56,75)(H,57,66)(H,58,67)(H,69,70)(H,71,72)(H,73,74);3-4H,1-2H3;3H,1H2,2H3;2*1-2H3;2H,1H3;1H4/b;4-3+;;;;;/t39-,40-;;;;;;/m0....../s1. The van der Waals surface area contributed by atoms with Gasteiger partial charge in [0.05, 0.1) is 98.5 Å². The van der Waals surface area contributed by atoms with Gasteiger partial charge in [0.15, 0.2) is 0 Å². The molecule has 2 atom stereocenters. The van der Waals surface area contributed by atoms with Crippen molar-refractivity contribution in [3.8, 4) is 0 Å². The summed E-state index contributed by atoms with van der Waals surface area (Å²) in [6.07, 6.45) is 7.90. The number of carbonyl (C=O) groups excluding carboxylic acids is 8. The van der Waals surface area contributed by atoms with Crippen molar-refractivity contribution >= 4 is 76.4 Å². The van der Waals surface area contributed by atoms with Crippen LogP contribution in [-0.4, -0.2) is 287 Å². The maximum atomic E-state index is 13.4. The van der Waals surface area contributed by atoms with Gasteiger partial charge in [0, 0.05) is 109 Å². The Morgan fingerprint density at radius 3 is 1.51 bits per heavy atom. The maximum Gasteiger partial charge on any atom is 0.317 e. The number of nitrogens with zero attached hydrogens (tertiary/aromatic N) is 4. The Bertz CT molecular complexity index is 2450. The van der Waals surface area contributed by atoms with Gasteiger partial charge in [-0.05, 0) is 38.8 Å². The molecular weight excluding hydrogens is 1230 g/mol. The molecule has 7 amide bonds. The molecule has 0 unspecified atom stereocenters. The van der Waals surface area contributed by atoms with E-state index in [0.29, 0.717) is 64.3 Å². The van der Waals surface area contributed by atoms with E-state index < -0.39 is 79.0 Å². The number of ether oxygens (including phenoxy) is 4. The fourth-order valence-electron chi connectivity index (χ4n) is 7.95. The number of aromatic amines is 1. The molecule has 0 saturated carbocycles. The molecule has 13 N–H and O–H groups in total. The largest absolute Gasteiger partial charge is 0.481 e. The molecule has 0 aliphatic carbocycles. The number of H-pyrrole nitrogens is 1. The molecule has 2 aromatic rings. The topological polar surface area (TPSA) is 433 Å². The molecule has 538 valence electrons. The number of primary amides is 1. The van der Waals surface area contributed by atoms with Crippen LogP contribution >= 0.6 is 0 Å². The average molecular weight is 1340 g/mol. The molecule has 1 aliphatic heterocycles. The number of rotatable bonds is 39. The number of aliphatic hydroxyl groups is 1. The first-order chi connectivity index (χ1) is 44.7. The third-order valence-electron chi connectivity index (χ3n) is 12.4. The predicted molar refractivity (Wildman–Crippen MR) is 358 cm³/mol. The Morgan fingerprint density at radius 1 is 0.574 bits per heavy atom. The fourth-order valence-corrected chi connectivity index (χ4v) is 7.95. The van der Waals surface area contributed by atoms with Gasteiger partial charge in [-0.1, -0.05) is 71.5 Å². The number of aliphatic carboxylic acids is 3. The van der Waals surface area contributed by atoms with E-state index in [1.165, 1.54) is 0 Å². The van der Waals surface area contributed by atoms with E-state index in [0.717, 1.165) is 24.3 Å². The molecule has 0 radical (unpaired) electrons. The second kappa shape index (κ2) is 62.7. The zero-order chi connectivity index (χ0) is 70.6. The average Bonchev–Trinajstić information content (AvgIpc) is 1.68. The van der Waals surface area contributed by atoms with Gasteiger partial charge < -0.3 is 86.8 Å². The number of carboxylic acids is 3. The van der Waals surface area contributed by atoms with Crippen LogP contribution in [-0.2, 0) is 78.1 Å². The molecule has 94 heavy (non-hydrogen) atoms. The summed E-state index contributed by atoms with van der Waals surface area (Å²) >= 11 is 0. The molecule has 1 aliphatic rings. The number of aliphatic hydroxyl groups excluding tert-OH is 1. The number of aromatic nitrogens is 1. The minimum atomic E-state index is -1.57.